The zero-order valence-corrected chi connectivity index (χ0v) is 13.2. The Morgan fingerprint density at radius 3 is 2.91 bits per heavy atom. The van der Waals surface area contributed by atoms with Crippen LogP contribution in [0, 0.1) is 17.2 Å². The highest BCUT2D eigenvalue weighted by molar-refractivity contribution is 5.85. The summed E-state index contributed by atoms with van der Waals surface area (Å²) in [4.78, 5) is 6.09. The van der Waals surface area contributed by atoms with Crippen LogP contribution in [-0.4, -0.2) is 29.0 Å². The number of benzene rings is 1. The monoisotopic (exact) mass is 293 g/mol. The quantitative estimate of drug-likeness (QED) is 0.925. The van der Waals surface area contributed by atoms with E-state index in [4.69, 9.17) is 5.26 Å². The first kappa shape index (κ1) is 13.8. The molecule has 3 heteroatoms. The third kappa shape index (κ3) is 2.23. The molecule has 3 atom stereocenters. The van der Waals surface area contributed by atoms with E-state index in [2.05, 4.69) is 29.1 Å². The predicted octanol–water partition coefficient (Wildman–Crippen LogP) is 4.02. The summed E-state index contributed by atoms with van der Waals surface area (Å²) in [5.41, 5.74) is 3.35. The topological polar surface area (TPSA) is 42.8 Å². The van der Waals surface area contributed by atoms with Gasteiger partial charge in [0.2, 0.25) is 0 Å². The standard InChI is InChI=1S/C19H23N3/c1-2-19(22-7-3-4-8-22)16-10-14(16)17-12-21-18-6-5-13(11-20)9-15(17)18/h5-6,9,12,14,16,19,21H,2-4,7-8,10H2,1H3. The van der Waals surface area contributed by atoms with Crippen molar-refractivity contribution in [2.75, 3.05) is 13.1 Å². The molecule has 3 unspecified atom stereocenters. The van der Waals surface area contributed by atoms with Crippen molar-refractivity contribution >= 4 is 10.9 Å². The van der Waals surface area contributed by atoms with E-state index in [1.807, 2.05) is 18.2 Å². The van der Waals surface area contributed by atoms with Crippen molar-refractivity contribution in [1.82, 2.24) is 9.88 Å². The molecule has 0 amide bonds. The number of fused-ring (bicyclic) bond motifs is 1. The molecule has 3 nitrogen and oxygen atoms in total. The van der Waals surface area contributed by atoms with E-state index in [1.54, 1.807) is 0 Å². The normalized spacial score (nSPS) is 26.2. The maximum atomic E-state index is 9.13. The van der Waals surface area contributed by atoms with Crippen molar-refractivity contribution in [2.24, 2.45) is 5.92 Å². The van der Waals surface area contributed by atoms with Gasteiger partial charge in [0.15, 0.2) is 0 Å². The van der Waals surface area contributed by atoms with Crippen LogP contribution in [0.3, 0.4) is 0 Å². The Balaban J connectivity index is 1.60. The number of nitrogens with zero attached hydrogens (tertiary/aromatic N) is 2. The lowest BCUT2D eigenvalue weighted by Crippen LogP contribution is -2.34. The summed E-state index contributed by atoms with van der Waals surface area (Å²) in [5.74, 6) is 1.47. The van der Waals surface area contributed by atoms with Crippen molar-refractivity contribution in [3.05, 3.63) is 35.5 Å². The Labute approximate surface area is 131 Å². The van der Waals surface area contributed by atoms with Crippen LogP contribution < -0.4 is 0 Å². The lowest BCUT2D eigenvalue weighted by atomic mass is 10.0. The molecule has 0 bridgehead atoms. The number of nitrogens with one attached hydrogen (secondary N) is 1. The predicted molar refractivity (Wildman–Crippen MR) is 88.7 cm³/mol. The van der Waals surface area contributed by atoms with E-state index in [9.17, 15) is 0 Å². The molecule has 114 valence electrons. The molecule has 4 rings (SSSR count). The van der Waals surface area contributed by atoms with Gasteiger partial charge in [-0.05, 0) is 74.4 Å². The van der Waals surface area contributed by atoms with Crippen LogP contribution in [-0.2, 0) is 0 Å². The summed E-state index contributed by atoms with van der Waals surface area (Å²) in [6.07, 6.45) is 7.47. The van der Waals surface area contributed by atoms with Crippen LogP contribution in [0.5, 0.6) is 0 Å². The number of hydrogen-bond donors (Lipinski definition) is 1. The highest BCUT2D eigenvalue weighted by Crippen LogP contribution is 2.53. The molecule has 1 saturated carbocycles. The molecular formula is C19H23N3. The Morgan fingerprint density at radius 1 is 1.36 bits per heavy atom. The molecule has 2 aliphatic rings. The first-order valence-corrected chi connectivity index (χ1v) is 8.57. The Kier molecular flexibility index (Phi) is 3.43. The van der Waals surface area contributed by atoms with Crippen LogP contribution in [0.25, 0.3) is 10.9 Å². The summed E-state index contributed by atoms with van der Waals surface area (Å²) >= 11 is 0. The zero-order valence-electron chi connectivity index (χ0n) is 13.2. The smallest absolute Gasteiger partial charge is 0.0991 e. The largest absolute Gasteiger partial charge is 0.361 e. The molecular weight excluding hydrogens is 270 g/mol. The van der Waals surface area contributed by atoms with Gasteiger partial charge in [0.25, 0.3) is 0 Å². The summed E-state index contributed by atoms with van der Waals surface area (Å²) in [6.45, 7) is 4.91. The highest BCUT2D eigenvalue weighted by atomic mass is 15.2. The van der Waals surface area contributed by atoms with Crippen molar-refractivity contribution in [3.8, 4) is 6.07 Å². The second kappa shape index (κ2) is 5.44. The van der Waals surface area contributed by atoms with E-state index in [-0.39, 0.29) is 0 Å². The molecule has 1 N–H and O–H groups in total. The maximum absolute atomic E-state index is 9.13. The number of nitriles is 1. The average Bonchev–Trinajstić information content (AvgIpc) is 2.99. The van der Waals surface area contributed by atoms with Crippen molar-refractivity contribution < 1.29 is 0 Å². The second-order valence-electron chi connectivity index (χ2n) is 6.84. The van der Waals surface area contributed by atoms with Gasteiger partial charge in [0.05, 0.1) is 11.6 Å². The SMILES string of the molecule is CCC(C1CC1c1c[nH]c2ccc(C#N)cc12)N1CCCC1. The Hall–Kier alpha value is -1.79. The van der Waals surface area contributed by atoms with Gasteiger partial charge < -0.3 is 9.88 Å². The van der Waals surface area contributed by atoms with Crippen LogP contribution in [0.15, 0.2) is 24.4 Å². The maximum Gasteiger partial charge on any atom is 0.0991 e. The molecule has 1 aliphatic carbocycles. The molecule has 22 heavy (non-hydrogen) atoms. The summed E-state index contributed by atoms with van der Waals surface area (Å²) < 4.78 is 0. The fourth-order valence-electron chi connectivity index (χ4n) is 4.42. The van der Waals surface area contributed by atoms with Gasteiger partial charge in [0, 0.05) is 23.1 Å². The van der Waals surface area contributed by atoms with Crippen molar-refractivity contribution in [2.45, 2.75) is 44.6 Å². The summed E-state index contributed by atoms with van der Waals surface area (Å²) in [7, 11) is 0. The molecule has 2 aromatic rings. The van der Waals surface area contributed by atoms with E-state index >= 15 is 0 Å². The lowest BCUT2D eigenvalue weighted by Gasteiger charge is -2.26. The lowest BCUT2D eigenvalue weighted by molar-refractivity contribution is 0.210. The first-order chi connectivity index (χ1) is 10.8. The van der Waals surface area contributed by atoms with E-state index < -0.39 is 0 Å². The molecule has 2 fully saturated rings. The first-order valence-electron chi connectivity index (χ1n) is 8.57. The number of hydrogen-bond acceptors (Lipinski definition) is 2. The Bertz CT molecular complexity index is 718. The third-order valence-electron chi connectivity index (χ3n) is 5.60. The molecule has 0 radical (unpaired) electrons. The van der Waals surface area contributed by atoms with Gasteiger partial charge in [-0.2, -0.15) is 5.26 Å². The van der Waals surface area contributed by atoms with Gasteiger partial charge in [-0.3, -0.25) is 0 Å². The molecule has 1 aliphatic heterocycles. The van der Waals surface area contributed by atoms with E-state index in [1.165, 1.54) is 49.7 Å². The highest BCUT2D eigenvalue weighted by Gasteiger charge is 2.46. The van der Waals surface area contributed by atoms with Gasteiger partial charge in [-0.25, -0.2) is 0 Å². The molecule has 2 heterocycles. The number of rotatable bonds is 4. The third-order valence-corrected chi connectivity index (χ3v) is 5.60. The van der Waals surface area contributed by atoms with Crippen LogP contribution >= 0.6 is 0 Å². The molecule has 0 spiro atoms. The minimum atomic E-state index is 0.674. The van der Waals surface area contributed by atoms with Crippen LogP contribution in [0.2, 0.25) is 0 Å². The average molecular weight is 293 g/mol. The number of aromatic amines is 1. The van der Waals surface area contributed by atoms with Gasteiger partial charge >= 0.3 is 0 Å². The van der Waals surface area contributed by atoms with Gasteiger partial charge in [-0.1, -0.05) is 6.92 Å². The molecule has 1 aromatic heterocycles. The minimum Gasteiger partial charge on any atom is -0.361 e. The van der Waals surface area contributed by atoms with Gasteiger partial charge in [0.1, 0.15) is 0 Å². The second-order valence-corrected chi connectivity index (χ2v) is 6.84. The summed E-state index contributed by atoms with van der Waals surface area (Å²) in [6, 6.07) is 8.99. The molecule has 1 aromatic carbocycles. The van der Waals surface area contributed by atoms with Crippen molar-refractivity contribution in [1.29, 1.82) is 5.26 Å². The van der Waals surface area contributed by atoms with E-state index in [0.29, 0.717) is 5.92 Å². The minimum absolute atomic E-state index is 0.674. The van der Waals surface area contributed by atoms with Crippen molar-refractivity contribution in [3.63, 3.8) is 0 Å². The van der Waals surface area contributed by atoms with Crippen LogP contribution in [0.1, 0.15) is 49.7 Å². The van der Waals surface area contributed by atoms with Gasteiger partial charge in [-0.15, -0.1) is 0 Å². The number of H-pyrrole nitrogens is 1. The number of likely N-dealkylation sites (tertiary alicyclic amines) is 1. The zero-order chi connectivity index (χ0) is 15.1. The van der Waals surface area contributed by atoms with Crippen LogP contribution in [0.4, 0.5) is 0 Å². The summed E-state index contributed by atoms with van der Waals surface area (Å²) in [5, 5.41) is 10.4. The fourth-order valence-corrected chi connectivity index (χ4v) is 4.42. The molecule has 1 saturated heterocycles. The number of aromatic nitrogens is 1. The Morgan fingerprint density at radius 2 is 2.18 bits per heavy atom. The fraction of sp³-hybridized carbons (Fsp3) is 0.526. The van der Waals surface area contributed by atoms with E-state index in [0.717, 1.165) is 23.0 Å².